The molecule has 1 atom stereocenters. The van der Waals surface area contributed by atoms with Crippen LogP contribution in [0.4, 0.5) is 0 Å². The van der Waals surface area contributed by atoms with Gasteiger partial charge in [0.1, 0.15) is 0 Å². The van der Waals surface area contributed by atoms with Crippen LogP contribution < -0.4 is 0 Å². The summed E-state index contributed by atoms with van der Waals surface area (Å²) in [5, 5.41) is -0.100. The minimum atomic E-state index is -0.100. The van der Waals surface area contributed by atoms with Crippen LogP contribution in [0.15, 0.2) is 53.0 Å². The minimum absolute atomic E-state index is 0.100. The number of hydrogen-bond donors (Lipinski definition) is 0. The van der Waals surface area contributed by atoms with Crippen molar-refractivity contribution >= 4 is 27.5 Å². The predicted octanol–water partition coefficient (Wildman–Crippen LogP) is 5.34. The van der Waals surface area contributed by atoms with Crippen molar-refractivity contribution < 1.29 is 0 Å². The van der Waals surface area contributed by atoms with E-state index in [0.717, 1.165) is 22.0 Å². The summed E-state index contributed by atoms with van der Waals surface area (Å²) < 4.78 is 1.06. The van der Waals surface area contributed by atoms with Crippen molar-refractivity contribution in [1.29, 1.82) is 0 Å². The van der Waals surface area contributed by atoms with Gasteiger partial charge in [0.15, 0.2) is 0 Å². The lowest BCUT2D eigenvalue weighted by Crippen LogP contribution is -1.94. The Hall–Kier alpha value is -0.790. The third-order valence-electron chi connectivity index (χ3n) is 2.86. The Morgan fingerprint density at radius 1 is 1.06 bits per heavy atom. The quantitative estimate of drug-likeness (QED) is 0.671. The highest BCUT2D eigenvalue weighted by atomic mass is 79.9. The first-order chi connectivity index (χ1) is 8.22. The van der Waals surface area contributed by atoms with Crippen LogP contribution in [0, 0.1) is 0 Å². The molecule has 0 heterocycles. The van der Waals surface area contributed by atoms with E-state index >= 15 is 0 Å². The number of aryl methyl sites for hydroxylation is 1. The molecule has 1 unspecified atom stereocenters. The minimum Gasteiger partial charge on any atom is -0.113 e. The average molecular weight is 310 g/mol. The first-order valence-electron chi connectivity index (χ1n) is 5.69. The van der Waals surface area contributed by atoms with Gasteiger partial charge in [-0.2, -0.15) is 0 Å². The molecule has 0 saturated heterocycles. The fourth-order valence-corrected chi connectivity index (χ4v) is 2.76. The molecule has 88 valence electrons. The van der Waals surface area contributed by atoms with Crippen molar-refractivity contribution in [3.8, 4) is 0 Å². The lowest BCUT2D eigenvalue weighted by Gasteiger charge is -2.12. The molecule has 0 amide bonds. The number of benzene rings is 2. The molecule has 0 radical (unpaired) electrons. The van der Waals surface area contributed by atoms with E-state index in [4.69, 9.17) is 11.6 Å². The molecule has 0 aliphatic carbocycles. The summed E-state index contributed by atoms with van der Waals surface area (Å²) in [6, 6.07) is 16.6. The van der Waals surface area contributed by atoms with E-state index in [9.17, 15) is 0 Å². The van der Waals surface area contributed by atoms with Gasteiger partial charge in [-0.1, -0.05) is 65.3 Å². The van der Waals surface area contributed by atoms with Crippen LogP contribution in [0.25, 0.3) is 0 Å². The SMILES string of the molecule is CCc1ccc(C(Cl)c2ccccc2Br)cc1. The van der Waals surface area contributed by atoms with Crippen LogP contribution in [0.5, 0.6) is 0 Å². The molecule has 0 aromatic heterocycles. The largest absolute Gasteiger partial charge is 0.113 e. The first kappa shape index (κ1) is 12.7. The monoisotopic (exact) mass is 308 g/mol. The van der Waals surface area contributed by atoms with E-state index in [2.05, 4.69) is 53.2 Å². The lowest BCUT2D eigenvalue weighted by molar-refractivity contribution is 1.10. The molecular weight excluding hydrogens is 296 g/mol. The summed E-state index contributed by atoms with van der Waals surface area (Å²) in [7, 11) is 0. The van der Waals surface area contributed by atoms with E-state index in [1.807, 2.05) is 18.2 Å². The molecule has 2 aromatic rings. The molecule has 0 saturated carbocycles. The van der Waals surface area contributed by atoms with Crippen LogP contribution in [0.1, 0.15) is 29.0 Å². The van der Waals surface area contributed by atoms with E-state index in [1.54, 1.807) is 0 Å². The molecule has 0 nitrogen and oxygen atoms in total. The Balaban J connectivity index is 2.30. The summed E-state index contributed by atoms with van der Waals surface area (Å²) in [5.74, 6) is 0. The maximum Gasteiger partial charge on any atom is 0.0846 e. The van der Waals surface area contributed by atoms with E-state index in [-0.39, 0.29) is 5.38 Å². The van der Waals surface area contributed by atoms with Crippen molar-refractivity contribution in [3.05, 3.63) is 69.7 Å². The van der Waals surface area contributed by atoms with Gasteiger partial charge < -0.3 is 0 Å². The maximum absolute atomic E-state index is 6.50. The fraction of sp³-hybridized carbons (Fsp3) is 0.200. The van der Waals surface area contributed by atoms with Gasteiger partial charge in [-0.3, -0.25) is 0 Å². The second kappa shape index (κ2) is 5.70. The van der Waals surface area contributed by atoms with Gasteiger partial charge in [-0.15, -0.1) is 11.6 Å². The van der Waals surface area contributed by atoms with E-state index in [0.29, 0.717) is 0 Å². The predicted molar refractivity (Wildman–Crippen MR) is 77.7 cm³/mol. The smallest absolute Gasteiger partial charge is 0.0846 e. The Morgan fingerprint density at radius 3 is 2.29 bits per heavy atom. The van der Waals surface area contributed by atoms with E-state index in [1.165, 1.54) is 5.56 Å². The molecule has 17 heavy (non-hydrogen) atoms. The zero-order chi connectivity index (χ0) is 12.3. The molecule has 2 aromatic carbocycles. The second-order valence-electron chi connectivity index (χ2n) is 3.98. The van der Waals surface area contributed by atoms with Gasteiger partial charge in [0.25, 0.3) is 0 Å². The van der Waals surface area contributed by atoms with Gasteiger partial charge in [0.05, 0.1) is 5.38 Å². The normalized spacial score (nSPS) is 12.4. The molecule has 0 aliphatic rings. The lowest BCUT2D eigenvalue weighted by atomic mass is 10.0. The third-order valence-corrected chi connectivity index (χ3v) is 4.07. The number of hydrogen-bond acceptors (Lipinski definition) is 0. The fourth-order valence-electron chi connectivity index (χ4n) is 1.78. The van der Waals surface area contributed by atoms with Crippen molar-refractivity contribution in [2.45, 2.75) is 18.7 Å². The van der Waals surface area contributed by atoms with E-state index < -0.39 is 0 Å². The van der Waals surface area contributed by atoms with Crippen molar-refractivity contribution in [1.82, 2.24) is 0 Å². The summed E-state index contributed by atoms with van der Waals surface area (Å²) >= 11 is 10.0. The first-order valence-corrected chi connectivity index (χ1v) is 6.92. The summed E-state index contributed by atoms with van der Waals surface area (Å²) in [5.41, 5.74) is 3.58. The molecule has 0 N–H and O–H groups in total. The average Bonchev–Trinajstić information content (AvgIpc) is 2.39. The van der Waals surface area contributed by atoms with Crippen LogP contribution in [-0.4, -0.2) is 0 Å². The van der Waals surface area contributed by atoms with Crippen molar-refractivity contribution in [3.63, 3.8) is 0 Å². The van der Waals surface area contributed by atoms with Gasteiger partial charge in [-0.25, -0.2) is 0 Å². The number of alkyl halides is 1. The zero-order valence-electron chi connectivity index (χ0n) is 9.66. The topological polar surface area (TPSA) is 0 Å². The van der Waals surface area contributed by atoms with Gasteiger partial charge >= 0.3 is 0 Å². The maximum atomic E-state index is 6.50. The third kappa shape index (κ3) is 2.91. The summed E-state index contributed by atoms with van der Waals surface area (Å²) in [4.78, 5) is 0. The highest BCUT2D eigenvalue weighted by Crippen LogP contribution is 2.33. The Kier molecular flexibility index (Phi) is 4.25. The number of halogens is 2. The Morgan fingerprint density at radius 2 is 1.71 bits per heavy atom. The summed E-state index contributed by atoms with van der Waals surface area (Å²) in [6.45, 7) is 2.15. The highest BCUT2D eigenvalue weighted by Gasteiger charge is 2.12. The van der Waals surface area contributed by atoms with Crippen molar-refractivity contribution in [2.24, 2.45) is 0 Å². The highest BCUT2D eigenvalue weighted by molar-refractivity contribution is 9.10. The van der Waals surface area contributed by atoms with Crippen molar-refractivity contribution in [2.75, 3.05) is 0 Å². The van der Waals surface area contributed by atoms with Crippen LogP contribution in [-0.2, 0) is 6.42 Å². The van der Waals surface area contributed by atoms with Gasteiger partial charge in [-0.05, 0) is 29.2 Å². The summed E-state index contributed by atoms with van der Waals surface area (Å²) in [6.07, 6.45) is 1.06. The number of rotatable bonds is 3. The Bertz CT molecular complexity index is 491. The van der Waals surface area contributed by atoms with Crippen LogP contribution >= 0.6 is 27.5 Å². The molecule has 0 fully saturated rings. The van der Waals surface area contributed by atoms with Crippen LogP contribution in [0.3, 0.4) is 0 Å². The molecule has 0 aliphatic heterocycles. The van der Waals surface area contributed by atoms with Gasteiger partial charge in [0, 0.05) is 4.47 Å². The molecule has 0 bridgehead atoms. The second-order valence-corrected chi connectivity index (χ2v) is 5.27. The van der Waals surface area contributed by atoms with Crippen LogP contribution in [0.2, 0.25) is 0 Å². The zero-order valence-corrected chi connectivity index (χ0v) is 12.0. The van der Waals surface area contributed by atoms with Gasteiger partial charge in [0.2, 0.25) is 0 Å². The molecule has 0 spiro atoms. The molecule has 2 rings (SSSR count). The standard InChI is InChI=1S/C15H14BrCl/c1-2-11-7-9-12(10-8-11)15(17)13-5-3-4-6-14(13)16/h3-10,15H,2H2,1H3. The molecule has 2 heteroatoms. The molecular formula is C15H14BrCl. The Labute approximate surface area is 116 Å².